The maximum absolute atomic E-state index is 11.6. The number of anilines is 1. The molecule has 0 spiro atoms. The van der Waals surface area contributed by atoms with Crippen molar-refractivity contribution in [3.05, 3.63) is 28.7 Å². The van der Waals surface area contributed by atoms with Crippen molar-refractivity contribution in [3.63, 3.8) is 0 Å². The zero-order chi connectivity index (χ0) is 14.3. The van der Waals surface area contributed by atoms with E-state index in [9.17, 15) is 9.59 Å². The Morgan fingerprint density at radius 3 is 2.79 bits per heavy atom. The minimum Gasteiger partial charge on any atom is -0.383 e. The van der Waals surface area contributed by atoms with Crippen molar-refractivity contribution in [1.82, 2.24) is 9.88 Å². The fourth-order valence-corrected chi connectivity index (χ4v) is 1.47. The van der Waals surface area contributed by atoms with Gasteiger partial charge in [-0.05, 0) is 6.07 Å². The first-order chi connectivity index (χ1) is 9.02. The summed E-state index contributed by atoms with van der Waals surface area (Å²) < 4.78 is 6.44. The van der Waals surface area contributed by atoms with Crippen molar-refractivity contribution in [2.75, 3.05) is 25.6 Å². The molecular formula is C13H21N3O3. The lowest BCUT2D eigenvalue weighted by molar-refractivity contribution is -0.115. The van der Waals surface area contributed by atoms with Crippen LogP contribution in [0.4, 0.5) is 5.69 Å². The number of pyridine rings is 1. The number of aromatic nitrogens is 1. The van der Waals surface area contributed by atoms with E-state index in [1.807, 2.05) is 13.8 Å². The molecule has 0 bridgehead atoms. The molecule has 1 aromatic rings. The van der Waals surface area contributed by atoms with E-state index in [1.54, 1.807) is 19.4 Å². The van der Waals surface area contributed by atoms with Gasteiger partial charge < -0.3 is 19.9 Å². The first-order valence-electron chi connectivity index (χ1n) is 6.25. The molecule has 19 heavy (non-hydrogen) atoms. The van der Waals surface area contributed by atoms with E-state index >= 15 is 0 Å². The van der Waals surface area contributed by atoms with Gasteiger partial charge in [0, 0.05) is 32.0 Å². The summed E-state index contributed by atoms with van der Waals surface area (Å²) in [5.74, 6) is -0.134. The molecule has 6 nitrogen and oxygen atoms in total. The quantitative estimate of drug-likeness (QED) is 0.751. The van der Waals surface area contributed by atoms with Crippen LogP contribution in [0.15, 0.2) is 23.1 Å². The van der Waals surface area contributed by atoms with Gasteiger partial charge in [-0.15, -0.1) is 0 Å². The van der Waals surface area contributed by atoms with E-state index in [-0.39, 0.29) is 24.1 Å². The van der Waals surface area contributed by atoms with E-state index in [1.165, 1.54) is 10.6 Å². The van der Waals surface area contributed by atoms with Crippen LogP contribution in [0.2, 0.25) is 0 Å². The molecule has 0 unspecified atom stereocenters. The number of amides is 1. The van der Waals surface area contributed by atoms with Gasteiger partial charge in [-0.2, -0.15) is 0 Å². The molecule has 6 heteroatoms. The minimum atomic E-state index is -0.134. The van der Waals surface area contributed by atoms with E-state index in [0.717, 1.165) is 0 Å². The van der Waals surface area contributed by atoms with Crippen LogP contribution in [0, 0.1) is 0 Å². The molecule has 2 N–H and O–H groups in total. The standard InChI is InChI=1S/C13H21N3O3/c1-10(2)14-8-12(17)15-11-4-5-13(18)16(9-11)6-7-19-3/h4-5,9-10,14H,6-8H2,1-3H3,(H,15,17). The Bertz CT molecular complexity index is 468. The molecule has 0 saturated heterocycles. The van der Waals surface area contributed by atoms with Crippen LogP contribution in [-0.2, 0) is 16.1 Å². The van der Waals surface area contributed by atoms with E-state index in [0.29, 0.717) is 18.8 Å². The summed E-state index contributed by atoms with van der Waals surface area (Å²) in [7, 11) is 1.58. The molecule has 0 atom stereocenters. The van der Waals surface area contributed by atoms with Crippen LogP contribution < -0.4 is 16.2 Å². The van der Waals surface area contributed by atoms with Crippen molar-refractivity contribution in [1.29, 1.82) is 0 Å². The summed E-state index contributed by atoms with van der Waals surface area (Å²) in [6, 6.07) is 3.28. The number of nitrogens with one attached hydrogen (secondary N) is 2. The lowest BCUT2D eigenvalue weighted by Gasteiger charge is -2.10. The lowest BCUT2D eigenvalue weighted by atomic mass is 10.3. The third-order valence-corrected chi connectivity index (χ3v) is 2.47. The number of rotatable bonds is 7. The Hall–Kier alpha value is -1.66. The predicted molar refractivity (Wildman–Crippen MR) is 74.3 cm³/mol. The van der Waals surface area contributed by atoms with Gasteiger partial charge in [-0.25, -0.2) is 0 Å². The molecule has 0 aliphatic rings. The van der Waals surface area contributed by atoms with Crippen molar-refractivity contribution in [3.8, 4) is 0 Å². The number of nitrogens with zero attached hydrogens (tertiary/aromatic N) is 1. The van der Waals surface area contributed by atoms with Crippen LogP contribution in [0.25, 0.3) is 0 Å². The molecule has 106 valence electrons. The fraction of sp³-hybridized carbons (Fsp3) is 0.538. The van der Waals surface area contributed by atoms with E-state index in [4.69, 9.17) is 4.74 Å². The number of hydrogen-bond acceptors (Lipinski definition) is 4. The van der Waals surface area contributed by atoms with Gasteiger partial charge in [-0.3, -0.25) is 9.59 Å². The Labute approximate surface area is 112 Å². The van der Waals surface area contributed by atoms with Gasteiger partial charge in [0.2, 0.25) is 5.91 Å². The van der Waals surface area contributed by atoms with Crippen LogP contribution in [0.3, 0.4) is 0 Å². The summed E-state index contributed by atoms with van der Waals surface area (Å²) in [6.07, 6.45) is 1.62. The molecule has 1 aromatic heterocycles. The highest BCUT2D eigenvalue weighted by molar-refractivity contribution is 5.92. The Kier molecular flexibility index (Phi) is 6.24. The predicted octanol–water partition coefficient (Wildman–Crippen LogP) is 0.431. The number of carbonyl (C=O) groups excluding carboxylic acids is 1. The molecule has 0 aromatic carbocycles. The van der Waals surface area contributed by atoms with Crippen molar-refractivity contribution in [2.45, 2.75) is 26.4 Å². The average molecular weight is 267 g/mol. The lowest BCUT2D eigenvalue weighted by Crippen LogP contribution is -2.33. The maximum Gasteiger partial charge on any atom is 0.250 e. The zero-order valence-corrected chi connectivity index (χ0v) is 11.6. The second kappa shape index (κ2) is 7.70. The van der Waals surface area contributed by atoms with Gasteiger partial charge in [-0.1, -0.05) is 13.8 Å². The molecule has 1 amide bonds. The van der Waals surface area contributed by atoms with Crippen molar-refractivity contribution < 1.29 is 9.53 Å². The molecule has 1 heterocycles. The summed E-state index contributed by atoms with van der Waals surface area (Å²) in [5.41, 5.74) is 0.488. The Morgan fingerprint density at radius 1 is 1.42 bits per heavy atom. The van der Waals surface area contributed by atoms with Gasteiger partial charge in [0.05, 0.1) is 18.8 Å². The summed E-state index contributed by atoms with van der Waals surface area (Å²) in [4.78, 5) is 23.2. The summed E-state index contributed by atoms with van der Waals surface area (Å²) in [5, 5.41) is 5.76. The highest BCUT2D eigenvalue weighted by Crippen LogP contribution is 2.02. The van der Waals surface area contributed by atoms with Gasteiger partial charge in [0.25, 0.3) is 5.56 Å². The van der Waals surface area contributed by atoms with Crippen LogP contribution in [0.1, 0.15) is 13.8 Å². The normalized spacial score (nSPS) is 10.7. The maximum atomic E-state index is 11.6. The van der Waals surface area contributed by atoms with Gasteiger partial charge >= 0.3 is 0 Å². The summed E-state index contributed by atoms with van der Waals surface area (Å²) >= 11 is 0. The highest BCUT2D eigenvalue weighted by atomic mass is 16.5. The molecule has 0 aliphatic heterocycles. The third-order valence-electron chi connectivity index (χ3n) is 2.47. The Morgan fingerprint density at radius 2 is 2.16 bits per heavy atom. The zero-order valence-electron chi connectivity index (χ0n) is 11.6. The van der Waals surface area contributed by atoms with Crippen LogP contribution in [0.5, 0.6) is 0 Å². The molecule has 1 rings (SSSR count). The fourth-order valence-electron chi connectivity index (χ4n) is 1.47. The van der Waals surface area contributed by atoms with E-state index in [2.05, 4.69) is 10.6 Å². The average Bonchev–Trinajstić information content (AvgIpc) is 2.37. The molecule has 0 saturated carbocycles. The van der Waals surface area contributed by atoms with E-state index < -0.39 is 0 Å². The first-order valence-corrected chi connectivity index (χ1v) is 6.25. The molecule has 0 radical (unpaired) electrons. The monoisotopic (exact) mass is 267 g/mol. The second-order valence-electron chi connectivity index (χ2n) is 4.53. The molecular weight excluding hydrogens is 246 g/mol. The SMILES string of the molecule is COCCn1cc(NC(=O)CNC(C)C)ccc1=O. The summed E-state index contributed by atoms with van der Waals surface area (Å²) in [6.45, 7) is 5.10. The number of hydrogen-bond donors (Lipinski definition) is 2. The minimum absolute atomic E-state index is 0.115. The third kappa shape index (κ3) is 5.67. The smallest absolute Gasteiger partial charge is 0.250 e. The number of ether oxygens (including phenoxy) is 1. The molecule has 0 fully saturated rings. The van der Waals surface area contributed by atoms with Crippen LogP contribution >= 0.6 is 0 Å². The van der Waals surface area contributed by atoms with Gasteiger partial charge in [0.15, 0.2) is 0 Å². The molecule has 0 aliphatic carbocycles. The first kappa shape index (κ1) is 15.4. The van der Waals surface area contributed by atoms with Crippen LogP contribution in [-0.4, -0.2) is 36.8 Å². The second-order valence-corrected chi connectivity index (χ2v) is 4.53. The largest absolute Gasteiger partial charge is 0.383 e. The number of carbonyl (C=O) groups is 1. The van der Waals surface area contributed by atoms with Crippen molar-refractivity contribution in [2.24, 2.45) is 0 Å². The topological polar surface area (TPSA) is 72.4 Å². The van der Waals surface area contributed by atoms with Gasteiger partial charge in [0.1, 0.15) is 0 Å². The number of methoxy groups -OCH3 is 1. The Balaban J connectivity index is 2.63. The van der Waals surface area contributed by atoms with Crippen molar-refractivity contribution >= 4 is 11.6 Å². The highest BCUT2D eigenvalue weighted by Gasteiger charge is 2.04.